The second-order valence-electron chi connectivity index (χ2n) is 8.14. The lowest BCUT2D eigenvalue weighted by Gasteiger charge is -2.14. The number of sulfonamides is 1. The van der Waals surface area contributed by atoms with E-state index in [0.29, 0.717) is 33.2 Å². The van der Waals surface area contributed by atoms with Crippen molar-refractivity contribution in [2.24, 2.45) is 5.14 Å². The predicted octanol–water partition coefficient (Wildman–Crippen LogP) is 5.09. The molecule has 3 N–H and O–H groups in total. The van der Waals surface area contributed by atoms with E-state index in [9.17, 15) is 18.3 Å². The number of carbonyl (C=O) groups excluding carboxylic acids is 1. The van der Waals surface area contributed by atoms with E-state index in [0.717, 1.165) is 16.7 Å². The van der Waals surface area contributed by atoms with E-state index in [1.165, 1.54) is 12.1 Å². The molecule has 4 aromatic rings. The van der Waals surface area contributed by atoms with Gasteiger partial charge in [-0.15, -0.1) is 0 Å². The highest BCUT2D eigenvalue weighted by molar-refractivity contribution is 7.89. The summed E-state index contributed by atoms with van der Waals surface area (Å²) < 4.78 is 30.9. The first kappa shape index (κ1) is 25.7. The summed E-state index contributed by atoms with van der Waals surface area (Å²) in [5, 5.41) is 15.4. The van der Waals surface area contributed by atoms with Crippen molar-refractivity contribution in [1.82, 2.24) is 4.57 Å². The van der Waals surface area contributed by atoms with Gasteiger partial charge in [0, 0.05) is 22.0 Å². The van der Waals surface area contributed by atoms with Crippen LogP contribution >= 0.6 is 11.6 Å². The minimum absolute atomic E-state index is 0.0189. The number of aliphatic hydroxyl groups excluding tert-OH is 1. The molecule has 4 rings (SSSR count). The predicted molar refractivity (Wildman–Crippen MR) is 140 cm³/mol. The highest BCUT2D eigenvalue weighted by atomic mass is 35.5. The van der Waals surface area contributed by atoms with Gasteiger partial charge in [0.25, 0.3) is 0 Å². The fraction of sp³-hybridized carbons (Fsp3) is 0.148. The van der Waals surface area contributed by atoms with E-state index in [1.54, 1.807) is 43.3 Å². The Kier molecular flexibility index (Phi) is 7.33. The van der Waals surface area contributed by atoms with Gasteiger partial charge in [0.1, 0.15) is 0 Å². The Hall–Kier alpha value is -3.43. The number of primary sulfonamides is 1. The molecule has 0 aliphatic carbocycles. The number of hydrogen-bond donors (Lipinski definition) is 2. The van der Waals surface area contributed by atoms with Crippen molar-refractivity contribution in [3.8, 4) is 28.1 Å². The fourth-order valence-electron chi connectivity index (χ4n) is 4.19. The van der Waals surface area contributed by atoms with Gasteiger partial charge in [0.2, 0.25) is 10.0 Å². The molecule has 0 fully saturated rings. The third-order valence-corrected chi connectivity index (χ3v) is 7.03. The van der Waals surface area contributed by atoms with Crippen LogP contribution in [0.1, 0.15) is 28.5 Å². The first-order valence-electron chi connectivity index (χ1n) is 11.2. The van der Waals surface area contributed by atoms with Gasteiger partial charge in [-0.05, 0) is 66.9 Å². The van der Waals surface area contributed by atoms with Crippen molar-refractivity contribution >= 4 is 27.6 Å². The Balaban J connectivity index is 2.09. The number of ether oxygens (including phenoxy) is 1. The Morgan fingerprint density at radius 3 is 2.08 bits per heavy atom. The zero-order valence-electron chi connectivity index (χ0n) is 19.7. The number of esters is 1. The van der Waals surface area contributed by atoms with Crippen molar-refractivity contribution in [3.63, 3.8) is 0 Å². The first-order valence-corrected chi connectivity index (χ1v) is 13.1. The second kappa shape index (κ2) is 10.3. The smallest absolute Gasteiger partial charge is 0.340 e. The molecule has 1 aromatic heterocycles. The largest absolute Gasteiger partial charge is 0.462 e. The van der Waals surface area contributed by atoms with Gasteiger partial charge < -0.3 is 14.4 Å². The van der Waals surface area contributed by atoms with Gasteiger partial charge in [-0.2, -0.15) is 0 Å². The Bertz CT molecular complexity index is 1510. The lowest BCUT2D eigenvalue weighted by Crippen LogP contribution is -2.12. The minimum atomic E-state index is -3.87. The maximum Gasteiger partial charge on any atom is 0.340 e. The van der Waals surface area contributed by atoms with Crippen LogP contribution in [-0.2, 0) is 21.4 Å². The van der Waals surface area contributed by atoms with Crippen LogP contribution in [0.15, 0.2) is 77.7 Å². The molecule has 9 heteroatoms. The molecule has 1 heterocycles. The number of benzene rings is 3. The van der Waals surface area contributed by atoms with Gasteiger partial charge in [-0.3, -0.25) is 0 Å². The van der Waals surface area contributed by atoms with Crippen molar-refractivity contribution in [2.75, 3.05) is 6.61 Å². The molecule has 0 aliphatic heterocycles. The average molecular weight is 525 g/mol. The number of nitrogens with zero attached hydrogens (tertiary/aromatic N) is 1. The number of halogens is 1. The highest BCUT2D eigenvalue weighted by Crippen LogP contribution is 2.42. The van der Waals surface area contributed by atoms with Gasteiger partial charge in [0.05, 0.1) is 29.4 Å². The standard InChI is InChI=1S/C27H25ClN2O5S/c1-3-35-27(32)24-17(2)30(22-12-14-23(15-13-22)36(29,33)34)26(20-8-10-21(28)11-9-20)25(24)19-6-4-18(16-31)5-7-19/h4-15,31H,3,16H2,1-2H3,(H2,29,33,34). The van der Waals surface area contributed by atoms with Gasteiger partial charge in [-0.25, -0.2) is 18.4 Å². The second-order valence-corrected chi connectivity index (χ2v) is 10.1. The molecule has 0 unspecified atom stereocenters. The molecule has 0 saturated carbocycles. The van der Waals surface area contributed by atoms with E-state index in [1.807, 2.05) is 35.8 Å². The fourth-order valence-corrected chi connectivity index (χ4v) is 4.83. The zero-order chi connectivity index (χ0) is 26.0. The van der Waals surface area contributed by atoms with Crippen LogP contribution in [0.25, 0.3) is 28.1 Å². The van der Waals surface area contributed by atoms with Crippen molar-refractivity contribution in [1.29, 1.82) is 0 Å². The third kappa shape index (κ3) is 4.94. The molecular weight excluding hydrogens is 500 g/mol. The number of nitrogens with two attached hydrogens (primary N) is 1. The third-order valence-electron chi connectivity index (χ3n) is 5.85. The van der Waals surface area contributed by atoms with Crippen LogP contribution < -0.4 is 5.14 Å². The molecule has 0 saturated heterocycles. The summed E-state index contributed by atoms with van der Waals surface area (Å²) in [5.74, 6) is -0.480. The molecule has 0 aliphatic rings. The lowest BCUT2D eigenvalue weighted by molar-refractivity contribution is 0.0526. The normalized spacial score (nSPS) is 11.5. The molecule has 7 nitrogen and oxygen atoms in total. The molecule has 186 valence electrons. The summed E-state index contributed by atoms with van der Waals surface area (Å²) >= 11 is 6.16. The number of rotatable bonds is 7. The van der Waals surface area contributed by atoms with Gasteiger partial charge in [-0.1, -0.05) is 48.0 Å². The maximum absolute atomic E-state index is 13.3. The molecule has 0 spiro atoms. The van der Waals surface area contributed by atoms with E-state index in [2.05, 4.69) is 0 Å². The van der Waals surface area contributed by atoms with Crippen molar-refractivity contribution in [2.45, 2.75) is 25.3 Å². The maximum atomic E-state index is 13.3. The number of aliphatic hydroxyl groups is 1. The first-order chi connectivity index (χ1) is 17.2. The molecule has 36 heavy (non-hydrogen) atoms. The SMILES string of the molecule is CCOC(=O)c1c(-c2ccc(CO)cc2)c(-c2ccc(Cl)cc2)n(-c2ccc(S(N)(=O)=O)cc2)c1C. The monoisotopic (exact) mass is 524 g/mol. The van der Waals surface area contributed by atoms with Gasteiger partial charge >= 0.3 is 5.97 Å². The molecule has 0 amide bonds. The summed E-state index contributed by atoms with van der Waals surface area (Å²) in [4.78, 5) is 13.2. The van der Waals surface area contributed by atoms with Crippen LogP contribution in [0, 0.1) is 6.92 Å². The van der Waals surface area contributed by atoms with Crippen LogP contribution in [0.3, 0.4) is 0 Å². The summed E-state index contributed by atoms with van der Waals surface area (Å²) in [5.41, 5.74) is 5.25. The highest BCUT2D eigenvalue weighted by Gasteiger charge is 2.29. The number of carbonyl (C=O) groups is 1. The van der Waals surface area contributed by atoms with Crippen molar-refractivity contribution < 1.29 is 23.1 Å². The average Bonchev–Trinajstić information content (AvgIpc) is 3.17. The Morgan fingerprint density at radius 2 is 1.56 bits per heavy atom. The molecule has 0 radical (unpaired) electrons. The molecular formula is C27H25ClN2O5S. The number of aromatic nitrogens is 1. The number of hydrogen-bond acceptors (Lipinski definition) is 5. The topological polar surface area (TPSA) is 112 Å². The summed E-state index contributed by atoms with van der Waals surface area (Å²) in [6.07, 6.45) is 0. The van der Waals surface area contributed by atoms with E-state index in [4.69, 9.17) is 21.5 Å². The summed E-state index contributed by atoms with van der Waals surface area (Å²) in [6, 6.07) is 20.6. The van der Waals surface area contributed by atoms with Crippen LogP contribution in [0.4, 0.5) is 0 Å². The van der Waals surface area contributed by atoms with Gasteiger partial charge in [0.15, 0.2) is 0 Å². The molecule has 0 atom stereocenters. The lowest BCUT2D eigenvalue weighted by atomic mass is 9.96. The quantitative estimate of drug-likeness (QED) is 0.327. The Morgan fingerprint density at radius 1 is 0.972 bits per heavy atom. The molecule has 0 bridgehead atoms. The van der Waals surface area contributed by atoms with E-state index in [-0.39, 0.29) is 18.1 Å². The summed E-state index contributed by atoms with van der Waals surface area (Å²) in [7, 11) is -3.87. The van der Waals surface area contributed by atoms with Crippen LogP contribution in [-0.4, -0.2) is 30.7 Å². The Labute approximate surface area is 214 Å². The van der Waals surface area contributed by atoms with E-state index >= 15 is 0 Å². The molecule has 3 aromatic carbocycles. The van der Waals surface area contributed by atoms with E-state index < -0.39 is 16.0 Å². The zero-order valence-corrected chi connectivity index (χ0v) is 21.3. The van der Waals surface area contributed by atoms with Crippen molar-refractivity contribution in [3.05, 3.63) is 94.6 Å². The minimum Gasteiger partial charge on any atom is -0.462 e. The van der Waals surface area contributed by atoms with Crippen LogP contribution in [0.2, 0.25) is 5.02 Å². The van der Waals surface area contributed by atoms with Crippen LogP contribution in [0.5, 0.6) is 0 Å². The summed E-state index contributed by atoms with van der Waals surface area (Å²) in [6.45, 7) is 3.65.